The molecule has 0 saturated carbocycles. The van der Waals surface area contributed by atoms with Crippen LogP contribution in [-0.4, -0.2) is 19.3 Å². The van der Waals surface area contributed by atoms with E-state index in [0.29, 0.717) is 6.61 Å². The SMILES string of the molecule is CCCCCCOc1cc2c(cc1OC)C=CC(C)(C)O2. The van der Waals surface area contributed by atoms with Gasteiger partial charge in [-0.2, -0.15) is 0 Å². The number of hydrogen-bond donors (Lipinski definition) is 0. The minimum Gasteiger partial charge on any atom is -0.493 e. The largest absolute Gasteiger partial charge is 0.493 e. The Bertz CT molecular complexity index is 503. The Kier molecular flexibility index (Phi) is 5.16. The van der Waals surface area contributed by atoms with Gasteiger partial charge in [0.2, 0.25) is 0 Å². The molecule has 1 aliphatic rings. The maximum atomic E-state index is 5.98. The van der Waals surface area contributed by atoms with E-state index in [9.17, 15) is 0 Å². The molecule has 0 fully saturated rings. The molecule has 0 atom stereocenters. The van der Waals surface area contributed by atoms with Crippen molar-refractivity contribution in [1.29, 1.82) is 0 Å². The summed E-state index contributed by atoms with van der Waals surface area (Å²) in [5.41, 5.74) is 0.754. The van der Waals surface area contributed by atoms with Crippen LogP contribution in [0.15, 0.2) is 18.2 Å². The molecule has 0 aromatic heterocycles. The van der Waals surface area contributed by atoms with Crippen molar-refractivity contribution in [1.82, 2.24) is 0 Å². The molecule has 0 aliphatic carbocycles. The first-order valence-corrected chi connectivity index (χ1v) is 7.79. The monoisotopic (exact) mass is 290 g/mol. The average Bonchev–Trinajstić information content (AvgIpc) is 2.45. The predicted molar refractivity (Wildman–Crippen MR) is 86.4 cm³/mol. The molecule has 116 valence electrons. The molecule has 1 aromatic carbocycles. The van der Waals surface area contributed by atoms with Gasteiger partial charge >= 0.3 is 0 Å². The van der Waals surface area contributed by atoms with Gasteiger partial charge in [-0.3, -0.25) is 0 Å². The van der Waals surface area contributed by atoms with E-state index in [0.717, 1.165) is 29.2 Å². The molecular weight excluding hydrogens is 264 g/mol. The molecular formula is C18H26O3. The number of benzene rings is 1. The maximum Gasteiger partial charge on any atom is 0.164 e. The topological polar surface area (TPSA) is 27.7 Å². The van der Waals surface area contributed by atoms with E-state index >= 15 is 0 Å². The second-order valence-corrected chi connectivity index (χ2v) is 5.99. The third-order valence-corrected chi connectivity index (χ3v) is 3.59. The van der Waals surface area contributed by atoms with Crippen molar-refractivity contribution in [2.45, 2.75) is 52.1 Å². The van der Waals surface area contributed by atoms with Crippen LogP contribution in [0.1, 0.15) is 52.0 Å². The Morgan fingerprint density at radius 1 is 1.10 bits per heavy atom. The molecule has 21 heavy (non-hydrogen) atoms. The van der Waals surface area contributed by atoms with Crippen LogP contribution in [0.25, 0.3) is 6.08 Å². The molecule has 1 aliphatic heterocycles. The molecule has 3 heteroatoms. The number of fused-ring (bicyclic) bond motifs is 1. The first-order chi connectivity index (χ1) is 10.1. The lowest BCUT2D eigenvalue weighted by Gasteiger charge is -2.28. The number of unbranched alkanes of at least 4 members (excludes halogenated alkanes) is 3. The van der Waals surface area contributed by atoms with Gasteiger partial charge in [0, 0.05) is 11.6 Å². The summed E-state index contributed by atoms with van der Waals surface area (Å²) in [5.74, 6) is 2.38. The van der Waals surface area contributed by atoms with E-state index in [1.54, 1.807) is 7.11 Å². The zero-order valence-electron chi connectivity index (χ0n) is 13.6. The third kappa shape index (κ3) is 4.16. The van der Waals surface area contributed by atoms with Crippen LogP contribution in [0.5, 0.6) is 17.2 Å². The standard InChI is InChI=1S/C18H26O3/c1-5-6-7-8-11-20-17-13-15-14(12-16(17)19-4)9-10-18(2,3)21-15/h9-10,12-13H,5-8,11H2,1-4H3. The smallest absolute Gasteiger partial charge is 0.164 e. The van der Waals surface area contributed by atoms with E-state index < -0.39 is 0 Å². The summed E-state index contributed by atoms with van der Waals surface area (Å²) in [6.07, 6.45) is 8.90. The quantitative estimate of drug-likeness (QED) is 0.673. The van der Waals surface area contributed by atoms with E-state index in [2.05, 4.69) is 19.1 Å². The fourth-order valence-electron chi connectivity index (χ4n) is 2.37. The lowest BCUT2D eigenvalue weighted by Crippen LogP contribution is -2.27. The maximum absolute atomic E-state index is 5.98. The molecule has 0 amide bonds. The van der Waals surface area contributed by atoms with Crippen LogP contribution >= 0.6 is 0 Å². The van der Waals surface area contributed by atoms with Crippen molar-refractivity contribution in [2.75, 3.05) is 13.7 Å². The van der Waals surface area contributed by atoms with Crippen LogP contribution in [-0.2, 0) is 0 Å². The Labute approximate surface area is 127 Å². The summed E-state index contributed by atoms with van der Waals surface area (Å²) >= 11 is 0. The van der Waals surface area contributed by atoms with Gasteiger partial charge in [0.1, 0.15) is 11.4 Å². The molecule has 0 unspecified atom stereocenters. The van der Waals surface area contributed by atoms with Crippen molar-refractivity contribution in [2.24, 2.45) is 0 Å². The Hall–Kier alpha value is -1.64. The molecule has 0 radical (unpaired) electrons. The fraction of sp³-hybridized carbons (Fsp3) is 0.556. The van der Waals surface area contributed by atoms with Crippen LogP contribution in [0.2, 0.25) is 0 Å². The highest BCUT2D eigenvalue weighted by atomic mass is 16.5. The third-order valence-electron chi connectivity index (χ3n) is 3.59. The van der Waals surface area contributed by atoms with E-state index in [-0.39, 0.29) is 5.60 Å². The van der Waals surface area contributed by atoms with Crippen molar-refractivity contribution >= 4 is 6.08 Å². The molecule has 0 N–H and O–H groups in total. The van der Waals surface area contributed by atoms with E-state index in [1.165, 1.54) is 19.3 Å². The Morgan fingerprint density at radius 2 is 1.90 bits per heavy atom. The van der Waals surface area contributed by atoms with Crippen LogP contribution in [0.4, 0.5) is 0 Å². The number of ether oxygens (including phenoxy) is 3. The van der Waals surface area contributed by atoms with Gasteiger partial charge < -0.3 is 14.2 Å². The van der Waals surface area contributed by atoms with Crippen LogP contribution in [0.3, 0.4) is 0 Å². The summed E-state index contributed by atoms with van der Waals surface area (Å²) in [6, 6.07) is 3.92. The Balaban J connectivity index is 2.09. The molecule has 0 spiro atoms. The van der Waals surface area contributed by atoms with Crippen molar-refractivity contribution in [3.63, 3.8) is 0 Å². The molecule has 0 saturated heterocycles. The highest BCUT2D eigenvalue weighted by Crippen LogP contribution is 2.39. The average molecular weight is 290 g/mol. The van der Waals surface area contributed by atoms with Gasteiger partial charge in [0.15, 0.2) is 11.5 Å². The normalized spacial score (nSPS) is 15.2. The van der Waals surface area contributed by atoms with Crippen molar-refractivity contribution < 1.29 is 14.2 Å². The lowest BCUT2D eigenvalue weighted by molar-refractivity contribution is 0.157. The molecule has 2 rings (SSSR count). The second kappa shape index (κ2) is 6.88. The summed E-state index contributed by atoms with van der Waals surface area (Å²) in [4.78, 5) is 0. The number of rotatable bonds is 7. The highest BCUT2D eigenvalue weighted by Gasteiger charge is 2.23. The van der Waals surface area contributed by atoms with Gasteiger partial charge in [-0.1, -0.05) is 32.3 Å². The first kappa shape index (κ1) is 15.7. The van der Waals surface area contributed by atoms with E-state index in [1.807, 2.05) is 26.0 Å². The van der Waals surface area contributed by atoms with Crippen molar-refractivity contribution in [3.05, 3.63) is 23.8 Å². The number of methoxy groups -OCH3 is 1. The lowest BCUT2D eigenvalue weighted by atomic mass is 10.0. The van der Waals surface area contributed by atoms with Gasteiger partial charge in [-0.25, -0.2) is 0 Å². The zero-order chi connectivity index (χ0) is 15.3. The van der Waals surface area contributed by atoms with Gasteiger partial charge in [0.25, 0.3) is 0 Å². The minimum atomic E-state index is -0.278. The summed E-state index contributed by atoms with van der Waals surface area (Å²) in [6.45, 7) is 7.01. The second-order valence-electron chi connectivity index (χ2n) is 5.99. The van der Waals surface area contributed by atoms with Crippen LogP contribution in [0, 0.1) is 0 Å². The minimum absolute atomic E-state index is 0.278. The predicted octanol–water partition coefficient (Wildman–Crippen LogP) is 4.84. The molecule has 0 bridgehead atoms. The zero-order valence-corrected chi connectivity index (χ0v) is 13.6. The summed E-state index contributed by atoms with van der Waals surface area (Å²) < 4.78 is 17.3. The summed E-state index contributed by atoms with van der Waals surface area (Å²) in [7, 11) is 1.67. The first-order valence-electron chi connectivity index (χ1n) is 7.79. The molecule has 1 heterocycles. The summed E-state index contributed by atoms with van der Waals surface area (Å²) in [5, 5.41) is 0. The molecule has 1 aromatic rings. The van der Waals surface area contributed by atoms with E-state index in [4.69, 9.17) is 14.2 Å². The highest BCUT2D eigenvalue weighted by molar-refractivity contribution is 5.66. The number of hydrogen-bond acceptors (Lipinski definition) is 3. The van der Waals surface area contributed by atoms with Crippen molar-refractivity contribution in [3.8, 4) is 17.2 Å². The Morgan fingerprint density at radius 3 is 2.62 bits per heavy atom. The fourth-order valence-corrected chi connectivity index (χ4v) is 2.37. The van der Waals surface area contributed by atoms with Gasteiger partial charge in [-0.05, 0) is 32.4 Å². The van der Waals surface area contributed by atoms with Gasteiger partial charge in [-0.15, -0.1) is 0 Å². The van der Waals surface area contributed by atoms with Gasteiger partial charge in [0.05, 0.1) is 13.7 Å². The molecule has 3 nitrogen and oxygen atoms in total. The van der Waals surface area contributed by atoms with Crippen LogP contribution < -0.4 is 14.2 Å².